The van der Waals surface area contributed by atoms with Gasteiger partial charge in [-0.15, -0.1) is 11.3 Å². The van der Waals surface area contributed by atoms with Gasteiger partial charge in [-0.25, -0.2) is 14.2 Å². The fourth-order valence-electron chi connectivity index (χ4n) is 8.90. The number of nitrogens with one attached hydrogen (secondary N) is 2. The highest BCUT2D eigenvalue weighted by Crippen LogP contribution is 2.61. The van der Waals surface area contributed by atoms with E-state index in [1.807, 2.05) is 6.92 Å². The molecule has 4 atom stereocenters. The molecule has 9 rings (SSSR count). The minimum atomic E-state index is -4.72. The second-order valence-electron chi connectivity index (χ2n) is 15.7. The van der Waals surface area contributed by atoms with Gasteiger partial charge in [0, 0.05) is 36.5 Å². The molecule has 0 radical (unpaired) electrons. The number of aromatic carboxylic acids is 1. The van der Waals surface area contributed by atoms with E-state index in [-0.39, 0.29) is 67.7 Å². The highest BCUT2D eigenvalue weighted by Gasteiger charge is 2.73. The van der Waals surface area contributed by atoms with Crippen molar-refractivity contribution >= 4 is 44.9 Å². The summed E-state index contributed by atoms with van der Waals surface area (Å²) >= 11 is 1.28. The van der Waals surface area contributed by atoms with Crippen molar-refractivity contribution in [2.45, 2.75) is 76.2 Å². The van der Waals surface area contributed by atoms with Crippen LogP contribution in [0, 0.1) is 28.0 Å². The molecule has 54 heavy (non-hydrogen) atoms. The Labute approximate surface area is 312 Å². The molecule has 5 heterocycles. The molecule has 2 saturated carbocycles. The number of carboxylic acid groups (broad SMARTS) is 1. The largest absolute Gasteiger partial charge is 0.489 e. The van der Waals surface area contributed by atoms with Crippen LogP contribution in [-0.2, 0) is 14.3 Å². The minimum absolute atomic E-state index is 0.0239. The van der Waals surface area contributed by atoms with Crippen LogP contribution in [0.4, 0.5) is 23.2 Å². The second-order valence-corrected chi connectivity index (χ2v) is 16.6. The summed E-state index contributed by atoms with van der Waals surface area (Å²) < 4.78 is 76.4. The van der Waals surface area contributed by atoms with Gasteiger partial charge in [-0.05, 0) is 63.1 Å². The number of hydrogen-bond acceptors (Lipinski definition) is 10. The Morgan fingerprint density at radius 2 is 1.94 bits per heavy atom. The smallest absolute Gasteiger partial charge is 0.401 e. The van der Waals surface area contributed by atoms with E-state index < -0.39 is 58.5 Å². The lowest BCUT2D eigenvalue weighted by molar-refractivity contribution is -0.196. The summed E-state index contributed by atoms with van der Waals surface area (Å²) in [4.78, 5) is 46.3. The maximum absolute atomic E-state index is 14.8. The molecule has 4 aliphatic heterocycles. The lowest BCUT2D eigenvalue weighted by Gasteiger charge is -2.51. The predicted octanol–water partition coefficient (Wildman–Crippen LogP) is 5.75. The number of ketones is 1. The number of amides is 1. The van der Waals surface area contributed by atoms with Crippen molar-refractivity contribution in [3.63, 3.8) is 0 Å². The molecule has 2 bridgehead atoms. The summed E-state index contributed by atoms with van der Waals surface area (Å²) in [5, 5.41) is 16.0. The Bertz CT molecular complexity index is 1950. The van der Waals surface area contributed by atoms with Crippen LogP contribution in [0.15, 0.2) is 35.8 Å². The number of carbonyl (C=O) groups is 3. The Hall–Kier alpha value is -4.02. The number of benzene rings is 2. The minimum Gasteiger partial charge on any atom is -0.489 e. The zero-order valence-corrected chi connectivity index (χ0v) is 30.5. The summed E-state index contributed by atoms with van der Waals surface area (Å²) in [5.74, 6) is -3.89. The van der Waals surface area contributed by atoms with E-state index in [4.69, 9.17) is 14.2 Å². The Morgan fingerprint density at radius 1 is 1.17 bits per heavy atom. The van der Waals surface area contributed by atoms with Crippen molar-refractivity contribution in [3.8, 4) is 11.5 Å². The van der Waals surface area contributed by atoms with Gasteiger partial charge in [-0.1, -0.05) is 13.0 Å². The number of thiazole rings is 1. The molecule has 11 nitrogen and oxygen atoms in total. The number of halogens is 4. The molecule has 16 heteroatoms. The van der Waals surface area contributed by atoms with E-state index in [9.17, 15) is 37.1 Å². The number of alkyl halides is 3. The third-order valence-electron chi connectivity index (χ3n) is 12.5. The van der Waals surface area contributed by atoms with Crippen molar-refractivity contribution < 1.29 is 51.3 Å². The quantitative estimate of drug-likeness (QED) is 0.184. The molecule has 3 N–H and O–H groups in total. The van der Waals surface area contributed by atoms with Crippen molar-refractivity contribution in [1.82, 2.24) is 15.6 Å². The first-order valence-corrected chi connectivity index (χ1v) is 19.3. The number of rotatable bonds is 13. The Kier molecular flexibility index (Phi) is 9.32. The summed E-state index contributed by atoms with van der Waals surface area (Å²) in [7, 11) is 0. The van der Waals surface area contributed by atoms with E-state index in [1.165, 1.54) is 29.5 Å². The first-order chi connectivity index (χ1) is 25.8. The summed E-state index contributed by atoms with van der Waals surface area (Å²) in [6.07, 6.45) is -0.885. The van der Waals surface area contributed by atoms with Crippen LogP contribution < -0.4 is 25.0 Å². The van der Waals surface area contributed by atoms with E-state index in [2.05, 4.69) is 15.6 Å². The van der Waals surface area contributed by atoms with Crippen LogP contribution in [-0.4, -0.2) is 91.6 Å². The zero-order chi connectivity index (χ0) is 38.0. The van der Waals surface area contributed by atoms with Crippen molar-refractivity contribution in [2.75, 3.05) is 44.4 Å². The maximum atomic E-state index is 14.8. The molecule has 1 aromatic heterocycles. The normalized spacial score (nSPS) is 28.8. The van der Waals surface area contributed by atoms with Crippen molar-refractivity contribution in [1.29, 1.82) is 0 Å². The molecule has 3 unspecified atom stereocenters. The predicted molar refractivity (Wildman–Crippen MR) is 189 cm³/mol. The van der Waals surface area contributed by atoms with Gasteiger partial charge in [0.2, 0.25) is 5.91 Å². The second kappa shape index (κ2) is 13.6. The van der Waals surface area contributed by atoms with Crippen LogP contribution in [0.1, 0.15) is 62.2 Å². The van der Waals surface area contributed by atoms with Crippen LogP contribution in [0.3, 0.4) is 0 Å². The van der Waals surface area contributed by atoms with Gasteiger partial charge in [-0.2, -0.15) is 13.2 Å². The fourth-order valence-corrected chi connectivity index (χ4v) is 9.71. The third kappa shape index (κ3) is 6.27. The van der Waals surface area contributed by atoms with Gasteiger partial charge in [0.1, 0.15) is 23.4 Å². The topological polar surface area (TPSA) is 139 Å². The monoisotopic (exact) mass is 774 g/mol. The van der Waals surface area contributed by atoms with Gasteiger partial charge >= 0.3 is 12.1 Å². The fraction of sp³-hybridized carbons (Fsp3) is 0.579. The van der Waals surface area contributed by atoms with Gasteiger partial charge in [0.25, 0.3) is 0 Å². The van der Waals surface area contributed by atoms with Gasteiger partial charge in [-0.3, -0.25) is 9.59 Å². The zero-order valence-electron chi connectivity index (χ0n) is 29.7. The maximum Gasteiger partial charge on any atom is 0.401 e. The summed E-state index contributed by atoms with van der Waals surface area (Å²) in [6, 6.07) is 5.37. The van der Waals surface area contributed by atoms with Gasteiger partial charge < -0.3 is 34.9 Å². The third-order valence-corrected chi connectivity index (χ3v) is 13.3. The standard InChI is InChI=1S/C38H42F4N4O7S/c1-2-22(15-51-29-24(34(49)50)4-3-5-28(29)53-19-35-8-6-23(7-9-35)52-18-35)45-33(48)25-14-46(27-13-21(39)12-26-30(27)54-20-44-26)17-36(25)16-43-31(36)32(47)37(10-11-37)38(40,41)42/h3-5,12-13,20,22-23,25,31,43H,2,6-11,14-19H2,1H3,(H,45,48)(H,49,50)/t22-,23?,25?,31?,35?,36?/m0/s1. The van der Waals surface area contributed by atoms with Crippen LogP contribution in [0.25, 0.3) is 10.2 Å². The van der Waals surface area contributed by atoms with E-state index in [0.29, 0.717) is 35.5 Å². The molecule has 1 amide bonds. The summed E-state index contributed by atoms with van der Waals surface area (Å²) in [6.45, 7) is 2.77. The average molecular weight is 775 g/mol. The molecule has 6 fully saturated rings. The molecule has 2 aromatic carbocycles. The molecule has 6 aliphatic rings. The number of fused-ring (bicyclic) bond motifs is 4. The number of hydrogen-bond donors (Lipinski definition) is 3. The van der Waals surface area contributed by atoms with E-state index in [1.54, 1.807) is 22.5 Å². The highest BCUT2D eigenvalue weighted by atomic mass is 32.1. The number of anilines is 1. The van der Waals surface area contributed by atoms with E-state index in [0.717, 1.165) is 25.7 Å². The number of Topliss-reactive ketones (excluding diaryl/α,β-unsaturated/α-hetero) is 1. The lowest BCUT2D eigenvalue weighted by atomic mass is 9.63. The Balaban J connectivity index is 1.03. The molecule has 290 valence electrons. The summed E-state index contributed by atoms with van der Waals surface area (Å²) in [5.41, 5.74) is -1.48. The Morgan fingerprint density at radius 3 is 2.57 bits per heavy atom. The van der Waals surface area contributed by atoms with Crippen LogP contribution in [0.5, 0.6) is 11.5 Å². The first-order valence-electron chi connectivity index (χ1n) is 18.4. The number of para-hydroxylation sites is 1. The van der Waals surface area contributed by atoms with Crippen LogP contribution >= 0.6 is 11.3 Å². The number of carboxylic acids is 1. The number of ether oxygens (including phenoxy) is 3. The molecule has 1 spiro atoms. The molecule has 4 saturated heterocycles. The molecule has 3 aromatic rings. The van der Waals surface area contributed by atoms with E-state index >= 15 is 0 Å². The van der Waals surface area contributed by atoms with Crippen molar-refractivity contribution in [2.24, 2.45) is 22.2 Å². The highest BCUT2D eigenvalue weighted by molar-refractivity contribution is 7.17. The number of aromatic nitrogens is 1. The van der Waals surface area contributed by atoms with Crippen molar-refractivity contribution in [3.05, 3.63) is 47.2 Å². The van der Waals surface area contributed by atoms with Crippen LogP contribution in [0.2, 0.25) is 0 Å². The lowest BCUT2D eigenvalue weighted by Crippen LogP contribution is -2.72. The SMILES string of the molecule is CC[C@@H](COc1c(OCC23CCC(CC2)OC3)cccc1C(=O)O)NC(=O)C1CN(c2cc(F)cc3ncsc23)CC12CNC2C(=O)C1(C(F)(F)F)CC1. The molecular weight excluding hydrogens is 732 g/mol. The molecule has 2 aliphatic carbocycles. The first kappa shape index (κ1) is 36.9. The van der Waals surface area contributed by atoms with Gasteiger partial charge in [0.05, 0.1) is 58.7 Å². The van der Waals surface area contributed by atoms with Gasteiger partial charge in [0.15, 0.2) is 17.3 Å². The molecular formula is C38H42F4N4O7S. The number of nitrogens with zero attached hydrogens (tertiary/aromatic N) is 2. The number of carbonyl (C=O) groups excluding carboxylic acids is 2. The average Bonchev–Trinajstić information content (AvgIpc) is 3.68.